The largest absolute Gasteiger partial charge is 0.392 e. The van der Waals surface area contributed by atoms with Crippen molar-refractivity contribution in [2.75, 3.05) is 6.61 Å². The van der Waals surface area contributed by atoms with Gasteiger partial charge in [-0.25, -0.2) is 0 Å². The quantitative estimate of drug-likeness (QED) is 0.401. The summed E-state index contributed by atoms with van der Waals surface area (Å²) >= 11 is 0. The Morgan fingerprint density at radius 1 is 0.750 bits per heavy atom. The van der Waals surface area contributed by atoms with Crippen molar-refractivity contribution in [3.8, 4) is 0 Å². The van der Waals surface area contributed by atoms with Crippen molar-refractivity contribution in [1.82, 2.24) is 0 Å². The fourth-order valence-electron chi connectivity index (χ4n) is 1.71. The van der Waals surface area contributed by atoms with Gasteiger partial charge in [-0.1, -0.05) is 76.2 Å². The first-order valence-corrected chi connectivity index (χ1v) is 6.84. The Labute approximate surface area is 101 Å². The predicted octanol–water partition coefficient (Wildman–Crippen LogP) is 4.62. The maximum absolute atomic E-state index is 8.51. The van der Waals surface area contributed by atoms with Crippen LogP contribution in [0.25, 0.3) is 0 Å². The third-order valence-corrected chi connectivity index (χ3v) is 2.71. The Balaban J connectivity index is 3.03. The van der Waals surface area contributed by atoms with Crippen LogP contribution in [0.1, 0.15) is 64.7 Å². The van der Waals surface area contributed by atoms with Crippen molar-refractivity contribution in [1.29, 1.82) is 0 Å². The van der Waals surface area contributed by atoms with E-state index in [1.165, 1.54) is 57.8 Å². The monoisotopic (exact) mass is 224 g/mol. The minimum Gasteiger partial charge on any atom is -0.392 e. The second-order valence-electron chi connectivity index (χ2n) is 4.30. The summed E-state index contributed by atoms with van der Waals surface area (Å²) < 4.78 is 0. The summed E-state index contributed by atoms with van der Waals surface area (Å²) in [7, 11) is 0. The lowest BCUT2D eigenvalue weighted by Crippen LogP contribution is -1.79. The summed E-state index contributed by atoms with van der Waals surface area (Å²) in [5, 5.41) is 8.51. The average molecular weight is 224 g/mol. The summed E-state index contributed by atoms with van der Waals surface area (Å²) in [5.74, 6) is 0. The minimum atomic E-state index is 0.141. The molecule has 0 aliphatic heterocycles. The van der Waals surface area contributed by atoms with Crippen LogP contribution in [0.2, 0.25) is 0 Å². The Bertz CT molecular complexity index is 170. The molecule has 0 heterocycles. The SMILES string of the molecule is CCCCCCCCCC/C=C/C=C/CO. The molecule has 0 atom stereocenters. The first-order chi connectivity index (χ1) is 7.91. The van der Waals surface area contributed by atoms with Gasteiger partial charge in [-0.3, -0.25) is 0 Å². The zero-order chi connectivity index (χ0) is 11.9. The summed E-state index contributed by atoms with van der Waals surface area (Å²) in [4.78, 5) is 0. The molecule has 0 saturated carbocycles. The van der Waals surface area contributed by atoms with E-state index < -0.39 is 0 Å². The molecule has 1 N–H and O–H groups in total. The van der Waals surface area contributed by atoms with E-state index in [-0.39, 0.29) is 6.61 Å². The Kier molecular flexibility index (Phi) is 13.9. The molecule has 94 valence electrons. The topological polar surface area (TPSA) is 20.2 Å². The highest BCUT2D eigenvalue weighted by molar-refractivity contribution is 5.02. The molecule has 0 unspecified atom stereocenters. The van der Waals surface area contributed by atoms with E-state index in [1.54, 1.807) is 6.08 Å². The van der Waals surface area contributed by atoms with Gasteiger partial charge in [0.25, 0.3) is 0 Å². The van der Waals surface area contributed by atoms with Crippen molar-refractivity contribution >= 4 is 0 Å². The lowest BCUT2D eigenvalue weighted by atomic mass is 10.1. The summed E-state index contributed by atoms with van der Waals surface area (Å²) in [6.07, 6.45) is 20.1. The summed E-state index contributed by atoms with van der Waals surface area (Å²) in [6, 6.07) is 0. The van der Waals surface area contributed by atoms with Crippen LogP contribution >= 0.6 is 0 Å². The number of allylic oxidation sites excluding steroid dienone is 3. The number of unbranched alkanes of at least 4 members (excludes halogenated alkanes) is 8. The van der Waals surface area contributed by atoms with Crippen LogP contribution < -0.4 is 0 Å². The molecule has 0 saturated heterocycles. The van der Waals surface area contributed by atoms with Gasteiger partial charge in [0.15, 0.2) is 0 Å². The average Bonchev–Trinajstić information content (AvgIpc) is 2.31. The Morgan fingerprint density at radius 2 is 1.31 bits per heavy atom. The minimum absolute atomic E-state index is 0.141. The zero-order valence-corrected chi connectivity index (χ0v) is 10.8. The normalized spacial score (nSPS) is 11.9. The van der Waals surface area contributed by atoms with Crippen molar-refractivity contribution in [2.24, 2.45) is 0 Å². The van der Waals surface area contributed by atoms with E-state index in [4.69, 9.17) is 5.11 Å². The molecule has 0 aromatic rings. The standard InChI is InChI=1S/C15H28O/c1-2-3-4-5-6-7-8-9-10-11-12-13-14-15-16/h11-14,16H,2-10,15H2,1H3/b12-11+,14-13+. The van der Waals surface area contributed by atoms with Gasteiger partial charge in [0.05, 0.1) is 6.61 Å². The Morgan fingerprint density at radius 3 is 1.94 bits per heavy atom. The van der Waals surface area contributed by atoms with E-state index >= 15 is 0 Å². The third-order valence-electron chi connectivity index (χ3n) is 2.71. The molecular weight excluding hydrogens is 196 g/mol. The first-order valence-electron chi connectivity index (χ1n) is 6.84. The van der Waals surface area contributed by atoms with Gasteiger partial charge < -0.3 is 5.11 Å². The molecule has 1 nitrogen and oxygen atoms in total. The first kappa shape index (κ1) is 15.4. The molecule has 0 aromatic carbocycles. The third kappa shape index (κ3) is 13.4. The second-order valence-corrected chi connectivity index (χ2v) is 4.30. The van der Waals surface area contributed by atoms with Gasteiger partial charge >= 0.3 is 0 Å². The smallest absolute Gasteiger partial charge is 0.0615 e. The van der Waals surface area contributed by atoms with Gasteiger partial charge in [-0.05, 0) is 12.8 Å². The summed E-state index contributed by atoms with van der Waals surface area (Å²) in [6.45, 7) is 2.40. The van der Waals surface area contributed by atoms with Crippen LogP contribution in [0, 0.1) is 0 Å². The number of hydrogen-bond donors (Lipinski definition) is 1. The number of rotatable bonds is 11. The molecule has 0 aromatic heterocycles. The molecule has 0 fully saturated rings. The number of hydrogen-bond acceptors (Lipinski definition) is 1. The van der Waals surface area contributed by atoms with E-state index in [0.717, 1.165) is 0 Å². The number of aliphatic hydroxyl groups excluding tert-OH is 1. The van der Waals surface area contributed by atoms with Crippen molar-refractivity contribution in [3.05, 3.63) is 24.3 Å². The van der Waals surface area contributed by atoms with Crippen molar-refractivity contribution < 1.29 is 5.11 Å². The lowest BCUT2D eigenvalue weighted by Gasteiger charge is -1.99. The fraction of sp³-hybridized carbons (Fsp3) is 0.733. The molecule has 0 rings (SSSR count). The molecule has 0 aliphatic carbocycles. The maximum atomic E-state index is 8.51. The van der Waals surface area contributed by atoms with Crippen LogP contribution in [0.4, 0.5) is 0 Å². The lowest BCUT2D eigenvalue weighted by molar-refractivity contribution is 0.343. The molecular formula is C15H28O. The van der Waals surface area contributed by atoms with Gasteiger partial charge in [0.1, 0.15) is 0 Å². The number of aliphatic hydroxyl groups is 1. The van der Waals surface area contributed by atoms with Crippen molar-refractivity contribution in [2.45, 2.75) is 64.7 Å². The van der Waals surface area contributed by atoms with E-state index in [1.807, 2.05) is 12.2 Å². The van der Waals surface area contributed by atoms with E-state index in [0.29, 0.717) is 0 Å². The van der Waals surface area contributed by atoms with Crippen LogP contribution in [0.5, 0.6) is 0 Å². The zero-order valence-electron chi connectivity index (χ0n) is 10.8. The van der Waals surface area contributed by atoms with Crippen LogP contribution in [-0.4, -0.2) is 11.7 Å². The van der Waals surface area contributed by atoms with Gasteiger partial charge in [-0.2, -0.15) is 0 Å². The van der Waals surface area contributed by atoms with E-state index in [9.17, 15) is 0 Å². The molecule has 16 heavy (non-hydrogen) atoms. The maximum Gasteiger partial charge on any atom is 0.0615 e. The highest BCUT2D eigenvalue weighted by Gasteiger charge is 1.89. The highest BCUT2D eigenvalue weighted by atomic mass is 16.2. The molecule has 0 amide bonds. The van der Waals surface area contributed by atoms with Gasteiger partial charge in [0.2, 0.25) is 0 Å². The predicted molar refractivity (Wildman–Crippen MR) is 72.6 cm³/mol. The van der Waals surface area contributed by atoms with Crippen molar-refractivity contribution in [3.63, 3.8) is 0 Å². The summed E-state index contributed by atoms with van der Waals surface area (Å²) in [5.41, 5.74) is 0. The molecule has 0 radical (unpaired) electrons. The van der Waals surface area contributed by atoms with E-state index in [2.05, 4.69) is 13.0 Å². The second kappa shape index (κ2) is 14.4. The molecule has 1 heteroatoms. The Hall–Kier alpha value is -0.560. The van der Waals surface area contributed by atoms with Crippen LogP contribution in [0.15, 0.2) is 24.3 Å². The molecule has 0 bridgehead atoms. The van der Waals surface area contributed by atoms with Crippen LogP contribution in [0.3, 0.4) is 0 Å². The van der Waals surface area contributed by atoms with Gasteiger partial charge in [-0.15, -0.1) is 0 Å². The fourth-order valence-corrected chi connectivity index (χ4v) is 1.71. The van der Waals surface area contributed by atoms with Crippen LogP contribution in [-0.2, 0) is 0 Å². The molecule has 0 spiro atoms. The highest BCUT2D eigenvalue weighted by Crippen LogP contribution is 2.09. The molecule has 0 aliphatic rings. The van der Waals surface area contributed by atoms with Gasteiger partial charge in [0, 0.05) is 0 Å².